The molecule has 60 valence electrons. The van der Waals surface area contributed by atoms with E-state index < -0.39 is 0 Å². The predicted molar refractivity (Wildman–Crippen MR) is 48.6 cm³/mol. The number of aromatic nitrogens is 1. The van der Waals surface area contributed by atoms with Crippen molar-refractivity contribution >= 4 is 11.3 Å². The fourth-order valence-electron chi connectivity index (χ4n) is 0.775. The molecule has 0 saturated carbocycles. The van der Waals surface area contributed by atoms with Crippen molar-refractivity contribution in [2.24, 2.45) is 5.73 Å². The third-order valence-electron chi connectivity index (χ3n) is 1.49. The van der Waals surface area contributed by atoms with Gasteiger partial charge in [0.25, 0.3) is 0 Å². The molecule has 0 aliphatic rings. The molecule has 0 bridgehead atoms. The molecule has 2 N–H and O–H groups in total. The highest BCUT2D eigenvalue weighted by Gasteiger charge is 2.08. The lowest BCUT2D eigenvalue weighted by molar-refractivity contribution is 0.817. The highest BCUT2D eigenvalue weighted by Crippen LogP contribution is 2.18. The van der Waals surface area contributed by atoms with E-state index in [1.807, 2.05) is 19.2 Å². The predicted octanol–water partition coefficient (Wildman–Crippen LogP) is 2.03. The van der Waals surface area contributed by atoms with E-state index in [9.17, 15) is 0 Å². The Balaban J connectivity index is 2.84. The van der Waals surface area contributed by atoms with Crippen molar-refractivity contribution in [2.75, 3.05) is 0 Å². The van der Waals surface area contributed by atoms with E-state index in [1.165, 1.54) is 0 Å². The van der Waals surface area contributed by atoms with Crippen LogP contribution in [0.5, 0.6) is 0 Å². The minimum atomic E-state index is -0.0973. The molecule has 0 aliphatic heterocycles. The molecule has 0 fully saturated rings. The first-order valence-electron chi connectivity index (χ1n) is 3.44. The highest BCUT2D eigenvalue weighted by molar-refractivity contribution is 7.09. The molecule has 3 heteroatoms. The van der Waals surface area contributed by atoms with Crippen LogP contribution in [0.1, 0.15) is 23.7 Å². The lowest BCUT2D eigenvalue weighted by atomic mass is 10.1. The molecule has 1 atom stereocenters. The third-order valence-corrected chi connectivity index (χ3v) is 2.28. The van der Waals surface area contributed by atoms with Crippen LogP contribution in [0, 0.1) is 6.92 Å². The zero-order valence-electron chi connectivity index (χ0n) is 6.79. The quantitative estimate of drug-likeness (QED) is 0.686. The minimum absolute atomic E-state index is 0.0973. The second kappa shape index (κ2) is 3.15. The Hall–Kier alpha value is -0.670. The number of thiazole rings is 1. The molecule has 0 spiro atoms. The molecule has 1 heterocycles. The van der Waals surface area contributed by atoms with Gasteiger partial charge in [-0.2, -0.15) is 0 Å². The molecule has 0 amide bonds. The smallest absolute Gasteiger partial charge is 0.0898 e. The molecule has 2 nitrogen and oxygen atoms in total. The summed E-state index contributed by atoms with van der Waals surface area (Å²) in [5.74, 6) is 0. The molecule has 1 rings (SSSR count). The van der Waals surface area contributed by atoms with Gasteiger partial charge in [0, 0.05) is 5.38 Å². The van der Waals surface area contributed by atoms with Crippen LogP contribution < -0.4 is 5.73 Å². The van der Waals surface area contributed by atoms with Crippen molar-refractivity contribution in [1.29, 1.82) is 0 Å². The molecule has 1 aromatic heterocycles. The van der Waals surface area contributed by atoms with Gasteiger partial charge in [0.15, 0.2) is 0 Å². The summed E-state index contributed by atoms with van der Waals surface area (Å²) in [5, 5.41) is 3.03. The second-order valence-corrected chi connectivity index (χ2v) is 3.68. The van der Waals surface area contributed by atoms with Crippen molar-refractivity contribution in [3.05, 3.63) is 28.2 Å². The largest absolute Gasteiger partial charge is 0.319 e. The number of aryl methyl sites for hydroxylation is 1. The van der Waals surface area contributed by atoms with Gasteiger partial charge in [-0.3, -0.25) is 0 Å². The van der Waals surface area contributed by atoms with E-state index in [0.29, 0.717) is 0 Å². The lowest BCUT2D eigenvalue weighted by Gasteiger charge is -2.06. The normalized spacial score (nSPS) is 13.0. The zero-order valence-corrected chi connectivity index (χ0v) is 7.61. The van der Waals surface area contributed by atoms with E-state index in [-0.39, 0.29) is 6.04 Å². The van der Waals surface area contributed by atoms with Gasteiger partial charge in [0.05, 0.1) is 16.7 Å². The van der Waals surface area contributed by atoms with Crippen molar-refractivity contribution in [2.45, 2.75) is 19.9 Å². The summed E-state index contributed by atoms with van der Waals surface area (Å²) in [6, 6.07) is -0.0973. The first-order valence-corrected chi connectivity index (χ1v) is 4.32. The Kier molecular flexibility index (Phi) is 2.42. The fourth-order valence-corrected chi connectivity index (χ4v) is 1.42. The summed E-state index contributed by atoms with van der Waals surface area (Å²) in [5.41, 5.74) is 7.68. The van der Waals surface area contributed by atoms with Gasteiger partial charge in [0.1, 0.15) is 0 Å². The average molecular weight is 168 g/mol. The summed E-state index contributed by atoms with van der Waals surface area (Å²) in [7, 11) is 0. The summed E-state index contributed by atoms with van der Waals surface area (Å²) >= 11 is 1.62. The van der Waals surface area contributed by atoms with Gasteiger partial charge in [-0.25, -0.2) is 4.98 Å². The Morgan fingerprint density at radius 1 is 1.82 bits per heavy atom. The monoisotopic (exact) mass is 168 g/mol. The van der Waals surface area contributed by atoms with E-state index in [0.717, 1.165) is 16.3 Å². The first-order chi connectivity index (χ1) is 5.11. The van der Waals surface area contributed by atoms with Crippen molar-refractivity contribution in [3.8, 4) is 0 Å². The maximum Gasteiger partial charge on any atom is 0.0898 e. The summed E-state index contributed by atoms with van der Waals surface area (Å²) in [6.07, 6.45) is 0. The third kappa shape index (κ3) is 1.88. The van der Waals surface area contributed by atoms with Crippen LogP contribution in [-0.2, 0) is 0 Å². The van der Waals surface area contributed by atoms with Crippen molar-refractivity contribution < 1.29 is 0 Å². The van der Waals surface area contributed by atoms with Crippen LogP contribution in [0.3, 0.4) is 0 Å². The van der Waals surface area contributed by atoms with E-state index in [4.69, 9.17) is 5.73 Å². The number of nitrogens with zero attached hydrogens (tertiary/aromatic N) is 1. The number of hydrogen-bond acceptors (Lipinski definition) is 3. The molecule has 11 heavy (non-hydrogen) atoms. The highest BCUT2D eigenvalue weighted by atomic mass is 32.1. The van der Waals surface area contributed by atoms with Gasteiger partial charge >= 0.3 is 0 Å². The number of nitrogens with two attached hydrogens (primary N) is 1. The number of hydrogen-bond donors (Lipinski definition) is 1. The molecule has 0 aliphatic carbocycles. The summed E-state index contributed by atoms with van der Waals surface area (Å²) in [6.45, 7) is 7.67. The molecule has 0 aromatic carbocycles. The average Bonchev–Trinajstić information content (AvgIpc) is 2.34. The molecular formula is C8H12N2S. The van der Waals surface area contributed by atoms with Crippen LogP contribution in [-0.4, -0.2) is 4.98 Å². The molecular weight excluding hydrogens is 156 g/mol. The standard InChI is InChI=1S/C8H12N2S/c1-5(2)8(9)7-4-11-6(3)10-7/h4,8H,1,9H2,2-3H3. The van der Waals surface area contributed by atoms with Gasteiger partial charge in [-0.15, -0.1) is 11.3 Å². The number of rotatable bonds is 2. The van der Waals surface area contributed by atoms with Crippen LogP contribution in [0.25, 0.3) is 0 Å². The Morgan fingerprint density at radius 2 is 2.45 bits per heavy atom. The maximum absolute atomic E-state index is 5.80. The minimum Gasteiger partial charge on any atom is -0.319 e. The second-order valence-electron chi connectivity index (χ2n) is 2.62. The lowest BCUT2D eigenvalue weighted by Crippen LogP contribution is -2.11. The Bertz CT molecular complexity index is 265. The van der Waals surface area contributed by atoms with Gasteiger partial charge in [-0.05, 0) is 13.8 Å². The van der Waals surface area contributed by atoms with Gasteiger partial charge in [-0.1, -0.05) is 12.2 Å². The summed E-state index contributed by atoms with van der Waals surface area (Å²) < 4.78 is 0. The van der Waals surface area contributed by atoms with Crippen molar-refractivity contribution in [3.63, 3.8) is 0 Å². The molecule has 0 saturated heterocycles. The van der Waals surface area contributed by atoms with Crippen LogP contribution in [0.4, 0.5) is 0 Å². The van der Waals surface area contributed by atoms with E-state index in [2.05, 4.69) is 11.6 Å². The van der Waals surface area contributed by atoms with Crippen LogP contribution >= 0.6 is 11.3 Å². The molecule has 0 radical (unpaired) electrons. The summed E-state index contributed by atoms with van der Waals surface area (Å²) in [4.78, 5) is 4.26. The SMILES string of the molecule is C=C(C)C(N)c1csc(C)n1. The first kappa shape index (κ1) is 8.43. The van der Waals surface area contributed by atoms with E-state index in [1.54, 1.807) is 11.3 Å². The van der Waals surface area contributed by atoms with Crippen LogP contribution in [0.15, 0.2) is 17.5 Å². The van der Waals surface area contributed by atoms with E-state index >= 15 is 0 Å². The van der Waals surface area contributed by atoms with Gasteiger partial charge < -0.3 is 5.73 Å². The Labute approximate surface area is 70.8 Å². The van der Waals surface area contributed by atoms with Crippen LogP contribution in [0.2, 0.25) is 0 Å². The topological polar surface area (TPSA) is 38.9 Å². The van der Waals surface area contributed by atoms with Gasteiger partial charge in [0.2, 0.25) is 0 Å². The van der Waals surface area contributed by atoms with Crippen molar-refractivity contribution in [1.82, 2.24) is 4.98 Å². The fraction of sp³-hybridized carbons (Fsp3) is 0.375. The maximum atomic E-state index is 5.80. The Morgan fingerprint density at radius 3 is 2.82 bits per heavy atom. The molecule has 1 unspecified atom stereocenters. The zero-order chi connectivity index (χ0) is 8.43. The molecule has 1 aromatic rings.